The topological polar surface area (TPSA) is 64.4 Å². The monoisotopic (exact) mass is 484 g/mol. The molecule has 30 heavy (non-hydrogen) atoms. The number of nitrogens with zero attached hydrogens (tertiary/aromatic N) is 1. The molecule has 0 spiro atoms. The minimum Gasteiger partial charge on any atom is -0.493 e. The molecule has 0 saturated heterocycles. The zero-order chi connectivity index (χ0) is 21.1. The van der Waals surface area contributed by atoms with E-state index in [2.05, 4.69) is 26.2 Å². The van der Waals surface area contributed by atoms with Gasteiger partial charge in [0.25, 0.3) is 5.91 Å². The van der Waals surface area contributed by atoms with E-state index in [0.29, 0.717) is 46.5 Å². The Bertz CT molecular complexity index is 1210. The molecule has 1 aromatic heterocycles. The minimum absolute atomic E-state index is 0.192. The van der Waals surface area contributed by atoms with Gasteiger partial charge in [0, 0.05) is 22.7 Å². The van der Waals surface area contributed by atoms with Crippen molar-refractivity contribution in [3.8, 4) is 5.75 Å². The Hall–Kier alpha value is -2.83. The first kappa shape index (κ1) is 20.4. The molecule has 0 aliphatic heterocycles. The van der Waals surface area contributed by atoms with Crippen LogP contribution in [0.1, 0.15) is 28.7 Å². The summed E-state index contributed by atoms with van der Waals surface area (Å²) in [6, 6.07) is 18.2. The van der Waals surface area contributed by atoms with E-state index in [9.17, 15) is 4.79 Å². The lowest BCUT2D eigenvalue weighted by Gasteiger charge is -2.09. The van der Waals surface area contributed by atoms with Crippen molar-refractivity contribution < 1.29 is 13.9 Å². The molecule has 1 N–H and O–H groups in total. The maximum atomic E-state index is 12.5. The van der Waals surface area contributed by atoms with E-state index in [1.165, 1.54) is 0 Å². The number of ether oxygens (including phenoxy) is 1. The van der Waals surface area contributed by atoms with Crippen molar-refractivity contribution in [3.05, 3.63) is 87.2 Å². The van der Waals surface area contributed by atoms with E-state index >= 15 is 0 Å². The molecule has 0 atom stereocenters. The second-order valence-electron chi connectivity index (χ2n) is 6.63. The molecule has 0 aliphatic rings. The molecule has 152 valence electrons. The highest BCUT2D eigenvalue weighted by atomic mass is 79.9. The summed E-state index contributed by atoms with van der Waals surface area (Å²) in [5, 5.41) is 3.53. The van der Waals surface area contributed by atoms with E-state index < -0.39 is 0 Å². The summed E-state index contributed by atoms with van der Waals surface area (Å²) in [4.78, 5) is 17.0. The van der Waals surface area contributed by atoms with Crippen LogP contribution in [0.3, 0.4) is 0 Å². The number of fused-ring (bicyclic) bond motifs is 1. The van der Waals surface area contributed by atoms with Crippen molar-refractivity contribution in [2.45, 2.75) is 13.3 Å². The molecule has 7 heteroatoms. The van der Waals surface area contributed by atoms with Gasteiger partial charge in [-0.05, 0) is 76.9 Å². The number of amides is 1. The number of rotatable bonds is 6. The van der Waals surface area contributed by atoms with Crippen LogP contribution in [0.15, 0.2) is 69.6 Å². The first-order chi connectivity index (χ1) is 14.5. The van der Waals surface area contributed by atoms with Gasteiger partial charge in [-0.2, -0.15) is 0 Å². The second-order valence-corrected chi connectivity index (χ2v) is 7.92. The molecule has 4 aromatic rings. The smallest absolute Gasteiger partial charge is 0.255 e. The summed E-state index contributed by atoms with van der Waals surface area (Å²) in [7, 11) is 0. The highest BCUT2D eigenvalue weighted by Gasteiger charge is 2.11. The molecule has 3 aromatic carbocycles. The van der Waals surface area contributed by atoms with Crippen molar-refractivity contribution in [3.63, 3.8) is 0 Å². The van der Waals surface area contributed by atoms with Crippen LogP contribution in [-0.2, 0) is 6.42 Å². The molecule has 0 bridgehead atoms. The Balaban J connectivity index is 1.42. The van der Waals surface area contributed by atoms with Gasteiger partial charge in [0.05, 0.1) is 11.1 Å². The number of hydrogen-bond donors (Lipinski definition) is 1. The predicted molar refractivity (Wildman–Crippen MR) is 122 cm³/mol. The lowest BCUT2D eigenvalue weighted by molar-refractivity contribution is 0.102. The number of hydrogen-bond acceptors (Lipinski definition) is 4. The Kier molecular flexibility index (Phi) is 6.06. The molecular formula is C23H18BrClN2O3. The standard InChI is InChI=1S/C23H18BrClN2O3/c1-2-29-20-9-5-15(12-18(20)24)23(28)26-17-7-3-14(4-8-17)11-22-27-19-13-16(25)6-10-21(19)30-22/h3-10,12-13H,2,11H2,1H3,(H,26,28). The molecule has 0 fully saturated rings. The SMILES string of the molecule is CCOc1ccc(C(=O)Nc2ccc(Cc3nc4cc(Cl)ccc4o3)cc2)cc1Br. The molecule has 0 unspecified atom stereocenters. The van der Waals surface area contributed by atoms with E-state index in [0.717, 1.165) is 15.6 Å². The number of benzene rings is 3. The van der Waals surface area contributed by atoms with E-state index in [-0.39, 0.29) is 5.91 Å². The molecule has 0 radical (unpaired) electrons. The highest BCUT2D eigenvalue weighted by molar-refractivity contribution is 9.10. The van der Waals surface area contributed by atoms with Crippen LogP contribution in [0, 0.1) is 0 Å². The molecule has 1 amide bonds. The third-order valence-electron chi connectivity index (χ3n) is 4.45. The van der Waals surface area contributed by atoms with Crippen LogP contribution in [0.5, 0.6) is 5.75 Å². The van der Waals surface area contributed by atoms with E-state index in [4.69, 9.17) is 20.8 Å². The quantitative estimate of drug-likeness (QED) is 0.339. The summed E-state index contributed by atoms with van der Waals surface area (Å²) in [6.45, 7) is 2.48. The largest absolute Gasteiger partial charge is 0.493 e. The van der Waals surface area contributed by atoms with Gasteiger partial charge in [-0.15, -0.1) is 0 Å². The number of oxazole rings is 1. The molecule has 5 nitrogen and oxygen atoms in total. The molecule has 1 heterocycles. The van der Waals surface area contributed by atoms with Crippen LogP contribution in [-0.4, -0.2) is 17.5 Å². The van der Waals surface area contributed by atoms with Crippen molar-refractivity contribution in [2.24, 2.45) is 0 Å². The van der Waals surface area contributed by atoms with Crippen molar-refractivity contribution in [1.29, 1.82) is 0 Å². The average molecular weight is 486 g/mol. The number of carbonyl (C=O) groups is 1. The fourth-order valence-corrected chi connectivity index (χ4v) is 3.68. The maximum Gasteiger partial charge on any atom is 0.255 e. The number of nitrogens with one attached hydrogen (secondary N) is 1. The van der Waals surface area contributed by atoms with Crippen LogP contribution >= 0.6 is 27.5 Å². The number of halogens is 2. The molecule has 0 saturated carbocycles. The van der Waals surface area contributed by atoms with E-state index in [1.807, 2.05) is 37.3 Å². The summed E-state index contributed by atoms with van der Waals surface area (Å²) < 4.78 is 12.0. The first-order valence-corrected chi connectivity index (χ1v) is 10.6. The van der Waals surface area contributed by atoms with Crippen molar-refractivity contribution >= 4 is 50.2 Å². The lowest BCUT2D eigenvalue weighted by Crippen LogP contribution is -2.12. The molecular weight excluding hydrogens is 468 g/mol. The minimum atomic E-state index is -0.192. The maximum absolute atomic E-state index is 12.5. The van der Waals surface area contributed by atoms with Gasteiger partial charge in [0.1, 0.15) is 11.3 Å². The predicted octanol–water partition coefficient (Wildman–Crippen LogP) is 6.49. The van der Waals surface area contributed by atoms with Gasteiger partial charge in [0.15, 0.2) is 11.5 Å². The Morgan fingerprint density at radius 3 is 2.67 bits per heavy atom. The summed E-state index contributed by atoms with van der Waals surface area (Å²) in [6.07, 6.45) is 0.548. The fraction of sp³-hybridized carbons (Fsp3) is 0.130. The number of aromatic nitrogens is 1. The van der Waals surface area contributed by atoms with Crippen molar-refractivity contribution in [2.75, 3.05) is 11.9 Å². The molecule has 4 rings (SSSR count). The van der Waals surface area contributed by atoms with Crippen LogP contribution in [0.2, 0.25) is 5.02 Å². The van der Waals surface area contributed by atoms with Gasteiger partial charge < -0.3 is 14.5 Å². The lowest BCUT2D eigenvalue weighted by atomic mass is 10.1. The van der Waals surface area contributed by atoms with Gasteiger partial charge in [0.2, 0.25) is 0 Å². The third kappa shape index (κ3) is 4.66. The van der Waals surface area contributed by atoms with Gasteiger partial charge in [-0.25, -0.2) is 4.98 Å². The Morgan fingerprint density at radius 1 is 1.13 bits per heavy atom. The van der Waals surface area contributed by atoms with Crippen LogP contribution in [0.4, 0.5) is 5.69 Å². The van der Waals surface area contributed by atoms with Crippen LogP contribution in [0.25, 0.3) is 11.1 Å². The summed E-state index contributed by atoms with van der Waals surface area (Å²) >= 11 is 9.43. The third-order valence-corrected chi connectivity index (χ3v) is 5.31. The fourth-order valence-electron chi connectivity index (χ4n) is 3.02. The second kappa shape index (κ2) is 8.90. The van der Waals surface area contributed by atoms with Crippen molar-refractivity contribution in [1.82, 2.24) is 4.98 Å². The summed E-state index contributed by atoms with van der Waals surface area (Å²) in [5.74, 6) is 1.13. The Labute approximate surface area is 187 Å². The number of carbonyl (C=O) groups excluding carboxylic acids is 1. The normalized spacial score (nSPS) is 10.9. The molecule has 0 aliphatic carbocycles. The highest BCUT2D eigenvalue weighted by Crippen LogP contribution is 2.26. The Morgan fingerprint density at radius 2 is 1.93 bits per heavy atom. The average Bonchev–Trinajstić information content (AvgIpc) is 3.12. The van der Waals surface area contributed by atoms with Gasteiger partial charge in [-0.1, -0.05) is 23.7 Å². The van der Waals surface area contributed by atoms with Gasteiger partial charge >= 0.3 is 0 Å². The first-order valence-electron chi connectivity index (χ1n) is 9.39. The number of anilines is 1. The van der Waals surface area contributed by atoms with Crippen LogP contribution < -0.4 is 10.1 Å². The van der Waals surface area contributed by atoms with Gasteiger partial charge in [-0.3, -0.25) is 4.79 Å². The van der Waals surface area contributed by atoms with E-state index in [1.54, 1.807) is 30.3 Å². The zero-order valence-electron chi connectivity index (χ0n) is 16.1. The zero-order valence-corrected chi connectivity index (χ0v) is 18.5. The summed E-state index contributed by atoms with van der Waals surface area (Å²) in [5.41, 5.74) is 3.72.